The average Bonchev–Trinajstić information content (AvgIpc) is 3.40. The summed E-state index contributed by atoms with van der Waals surface area (Å²) in [4.78, 5) is 38.9. The highest BCUT2D eigenvalue weighted by molar-refractivity contribution is 5.73. The Balaban J connectivity index is 1.35. The van der Waals surface area contributed by atoms with Crippen LogP contribution in [-0.4, -0.2) is 49.6 Å². The Labute approximate surface area is 232 Å². The highest BCUT2D eigenvalue weighted by Gasteiger charge is 2.28. The Bertz CT molecular complexity index is 933. The Morgan fingerprint density at radius 2 is 1.28 bits per heavy atom. The van der Waals surface area contributed by atoms with Crippen LogP contribution in [-0.2, 0) is 41.8 Å². The minimum atomic E-state index is -0.193. The molecule has 1 fully saturated rings. The van der Waals surface area contributed by atoms with Crippen molar-refractivity contribution in [1.29, 1.82) is 0 Å². The molecular formula is C32H43NO6. The summed E-state index contributed by atoms with van der Waals surface area (Å²) in [5, 5.41) is 0. The van der Waals surface area contributed by atoms with E-state index in [0.29, 0.717) is 32.7 Å². The molecule has 0 radical (unpaired) electrons. The van der Waals surface area contributed by atoms with Crippen LogP contribution in [0.4, 0.5) is 0 Å². The van der Waals surface area contributed by atoms with Gasteiger partial charge in [-0.3, -0.25) is 14.4 Å². The molecule has 1 saturated heterocycles. The fourth-order valence-electron chi connectivity index (χ4n) is 4.78. The molecule has 39 heavy (non-hydrogen) atoms. The van der Waals surface area contributed by atoms with Gasteiger partial charge in [0.05, 0.1) is 12.5 Å². The number of ether oxygens (including phenoxy) is 3. The maximum absolute atomic E-state index is 12.5. The molecule has 0 aromatic heterocycles. The number of rotatable bonds is 17. The maximum Gasteiger partial charge on any atom is 0.310 e. The average molecular weight is 538 g/mol. The predicted octanol–water partition coefficient (Wildman–Crippen LogP) is 5.71. The molecule has 2 aromatic carbocycles. The van der Waals surface area contributed by atoms with Crippen LogP contribution >= 0.6 is 0 Å². The van der Waals surface area contributed by atoms with E-state index in [-0.39, 0.29) is 29.7 Å². The van der Waals surface area contributed by atoms with Crippen molar-refractivity contribution in [3.63, 3.8) is 0 Å². The number of hydrogen-bond acceptors (Lipinski definition) is 7. The number of carbonyl (C=O) groups is 3. The summed E-state index contributed by atoms with van der Waals surface area (Å²) in [6.45, 7) is 2.64. The van der Waals surface area contributed by atoms with Gasteiger partial charge in [-0.2, -0.15) is 0 Å². The van der Waals surface area contributed by atoms with E-state index in [1.807, 2.05) is 67.7 Å². The van der Waals surface area contributed by atoms with Crippen LogP contribution in [0.15, 0.2) is 60.7 Å². The van der Waals surface area contributed by atoms with Crippen LogP contribution in [0.25, 0.3) is 0 Å². The molecule has 0 saturated carbocycles. The maximum atomic E-state index is 12.5. The third-order valence-electron chi connectivity index (χ3n) is 7.16. The minimum Gasteiger partial charge on any atom is -0.465 e. The molecule has 0 amide bonds. The molecular weight excluding hydrogens is 494 g/mol. The molecule has 0 spiro atoms. The van der Waals surface area contributed by atoms with Crippen LogP contribution in [0.5, 0.6) is 0 Å². The van der Waals surface area contributed by atoms with E-state index in [2.05, 4.69) is 4.90 Å². The first-order chi connectivity index (χ1) is 19.0. The topological polar surface area (TPSA) is 82.1 Å². The quantitative estimate of drug-likeness (QED) is 0.145. The normalized spacial score (nSPS) is 15.3. The summed E-state index contributed by atoms with van der Waals surface area (Å²) in [7, 11) is 2.02. The third kappa shape index (κ3) is 12.5. The van der Waals surface area contributed by atoms with E-state index in [4.69, 9.17) is 14.2 Å². The van der Waals surface area contributed by atoms with Crippen molar-refractivity contribution in [2.45, 2.75) is 71.0 Å². The molecule has 3 rings (SSSR count). The van der Waals surface area contributed by atoms with Crippen molar-refractivity contribution in [2.75, 3.05) is 26.7 Å². The van der Waals surface area contributed by atoms with Gasteiger partial charge < -0.3 is 19.1 Å². The number of esters is 3. The van der Waals surface area contributed by atoms with E-state index in [0.717, 1.165) is 69.2 Å². The van der Waals surface area contributed by atoms with Gasteiger partial charge in [-0.15, -0.1) is 0 Å². The van der Waals surface area contributed by atoms with E-state index in [1.54, 1.807) is 0 Å². The molecule has 1 atom stereocenters. The van der Waals surface area contributed by atoms with Crippen LogP contribution in [0.2, 0.25) is 0 Å². The molecule has 0 bridgehead atoms. The number of hydrogen-bond donors (Lipinski definition) is 0. The standard InChI is InChI=1S/C32H43NO6/c1-33-21-20-29(22-33)32(36)39-25-28(16-8-10-18-30(34)37-23-26-12-4-2-5-13-26)17-9-11-19-31(35)38-24-27-14-6-3-7-15-27/h2-7,12-15,28-29H,8-11,16-25H2,1H3. The molecule has 7 heteroatoms. The van der Waals surface area contributed by atoms with Crippen molar-refractivity contribution >= 4 is 17.9 Å². The largest absolute Gasteiger partial charge is 0.465 e. The second kappa shape index (κ2) is 17.4. The molecule has 7 nitrogen and oxygen atoms in total. The van der Waals surface area contributed by atoms with Gasteiger partial charge in [-0.05, 0) is 62.7 Å². The highest BCUT2D eigenvalue weighted by Crippen LogP contribution is 2.21. The minimum absolute atomic E-state index is 0.0468. The van der Waals surface area contributed by atoms with Gasteiger partial charge in [0.15, 0.2) is 0 Å². The molecule has 1 unspecified atom stereocenters. The lowest BCUT2D eigenvalue weighted by atomic mass is 9.95. The van der Waals surface area contributed by atoms with Gasteiger partial charge in [0.1, 0.15) is 13.2 Å². The summed E-state index contributed by atoms with van der Waals surface area (Å²) in [5.41, 5.74) is 1.95. The Morgan fingerprint density at radius 1 is 0.769 bits per heavy atom. The molecule has 212 valence electrons. The van der Waals surface area contributed by atoms with E-state index in [9.17, 15) is 14.4 Å². The zero-order valence-electron chi connectivity index (χ0n) is 23.2. The summed E-state index contributed by atoms with van der Waals surface area (Å²) in [5.74, 6) is -0.344. The number of unbranched alkanes of at least 4 members (excludes halogenated alkanes) is 2. The van der Waals surface area contributed by atoms with Crippen LogP contribution < -0.4 is 0 Å². The van der Waals surface area contributed by atoms with Gasteiger partial charge in [-0.1, -0.05) is 73.5 Å². The number of nitrogens with zero attached hydrogens (tertiary/aromatic N) is 1. The highest BCUT2D eigenvalue weighted by atomic mass is 16.5. The van der Waals surface area contributed by atoms with E-state index >= 15 is 0 Å². The Morgan fingerprint density at radius 3 is 1.74 bits per heavy atom. The Hall–Kier alpha value is -3.19. The molecule has 2 aromatic rings. The summed E-state index contributed by atoms with van der Waals surface area (Å²) < 4.78 is 16.5. The van der Waals surface area contributed by atoms with Gasteiger partial charge in [-0.25, -0.2) is 0 Å². The van der Waals surface area contributed by atoms with Gasteiger partial charge in [0, 0.05) is 19.4 Å². The van der Waals surface area contributed by atoms with Gasteiger partial charge in [0.2, 0.25) is 0 Å². The molecule has 1 heterocycles. The van der Waals surface area contributed by atoms with Crippen LogP contribution in [0.3, 0.4) is 0 Å². The van der Waals surface area contributed by atoms with Crippen molar-refractivity contribution in [2.24, 2.45) is 11.8 Å². The fourth-order valence-corrected chi connectivity index (χ4v) is 4.78. The predicted molar refractivity (Wildman–Crippen MR) is 149 cm³/mol. The lowest BCUT2D eigenvalue weighted by Gasteiger charge is -2.18. The second-order valence-electron chi connectivity index (χ2n) is 10.5. The van der Waals surface area contributed by atoms with Crippen LogP contribution in [0, 0.1) is 11.8 Å². The second-order valence-corrected chi connectivity index (χ2v) is 10.5. The van der Waals surface area contributed by atoms with Gasteiger partial charge in [0.25, 0.3) is 0 Å². The molecule has 1 aliphatic heterocycles. The van der Waals surface area contributed by atoms with Gasteiger partial charge >= 0.3 is 17.9 Å². The molecule has 1 aliphatic rings. The summed E-state index contributed by atoms with van der Waals surface area (Å²) in [6.07, 6.45) is 6.50. The first-order valence-corrected chi connectivity index (χ1v) is 14.2. The Kier molecular flexibility index (Phi) is 13.5. The summed E-state index contributed by atoms with van der Waals surface area (Å²) >= 11 is 0. The lowest BCUT2D eigenvalue weighted by molar-refractivity contribution is -0.149. The first kappa shape index (κ1) is 30.4. The smallest absolute Gasteiger partial charge is 0.310 e. The number of carbonyl (C=O) groups excluding carboxylic acids is 3. The monoisotopic (exact) mass is 537 g/mol. The van der Waals surface area contributed by atoms with Crippen molar-refractivity contribution < 1.29 is 28.6 Å². The van der Waals surface area contributed by atoms with Crippen molar-refractivity contribution in [3.8, 4) is 0 Å². The third-order valence-corrected chi connectivity index (χ3v) is 7.16. The summed E-state index contributed by atoms with van der Waals surface area (Å²) in [6, 6.07) is 19.3. The number of benzene rings is 2. The zero-order valence-corrected chi connectivity index (χ0v) is 23.2. The molecule has 0 N–H and O–H groups in total. The van der Waals surface area contributed by atoms with Crippen molar-refractivity contribution in [1.82, 2.24) is 4.90 Å². The number of likely N-dealkylation sites (tertiary alicyclic amines) is 1. The fraction of sp³-hybridized carbons (Fsp3) is 0.531. The SMILES string of the molecule is CN1CCC(C(=O)OCC(CCCCC(=O)OCc2ccccc2)CCCCC(=O)OCc2ccccc2)C1. The molecule has 0 aliphatic carbocycles. The first-order valence-electron chi connectivity index (χ1n) is 14.2. The van der Waals surface area contributed by atoms with Crippen LogP contribution in [0.1, 0.15) is 68.9 Å². The zero-order chi connectivity index (χ0) is 27.7. The van der Waals surface area contributed by atoms with E-state index < -0.39 is 0 Å². The van der Waals surface area contributed by atoms with Crippen molar-refractivity contribution in [3.05, 3.63) is 71.8 Å². The van der Waals surface area contributed by atoms with E-state index in [1.165, 1.54) is 0 Å². The lowest BCUT2D eigenvalue weighted by Crippen LogP contribution is -2.24.